The van der Waals surface area contributed by atoms with E-state index in [1.807, 2.05) is 6.20 Å². The quantitative estimate of drug-likeness (QED) is 0.721. The number of imidazole rings is 1. The van der Waals surface area contributed by atoms with Crippen molar-refractivity contribution in [1.82, 2.24) is 19.0 Å². The lowest BCUT2D eigenvalue weighted by molar-refractivity contribution is 0.313. The first-order chi connectivity index (χ1) is 10.6. The maximum atomic E-state index is 4.70. The van der Waals surface area contributed by atoms with E-state index in [0.717, 1.165) is 49.3 Å². The van der Waals surface area contributed by atoms with Gasteiger partial charge in [-0.2, -0.15) is 0 Å². The fourth-order valence-corrected chi connectivity index (χ4v) is 4.12. The van der Waals surface area contributed by atoms with E-state index in [-0.39, 0.29) is 0 Å². The Morgan fingerprint density at radius 1 is 1.09 bits per heavy atom. The number of hydrogen-bond donors (Lipinski definition) is 0. The molecule has 1 fully saturated rings. The molecule has 0 N–H and O–H groups in total. The molecule has 0 unspecified atom stereocenters. The van der Waals surface area contributed by atoms with Crippen LogP contribution in [0.3, 0.4) is 0 Å². The normalized spacial score (nSPS) is 19.0. The van der Waals surface area contributed by atoms with Crippen LogP contribution in [0.1, 0.15) is 29.9 Å². The molecule has 0 bridgehead atoms. The van der Waals surface area contributed by atoms with E-state index >= 15 is 0 Å². The molecule has 2 aliphatic rings. The predicted molar refractivity (Wildman–Crippen MR) is 91.8 cm³/mol. The van der Waals surface area contributed by atoms with Crippen LogP contribution in [0.15, 0.2) is 28.6 Å². The van der Waals surface area contributed by atoms with Crippen molar-refractivity contribution >= 4 is 21.5 Å². The number of nitrogens with zero attached hydrogens (tertiary/aromatic N) is 4. The Kier molecular flexibility index (Phi) is 3.50. The Bertz CT molecular complexity index is 743. The van der Waals surface area contributed by atoms with Gasteiger partial charge in [-0.25, -0.2) is 4.98 Å². The van der Waals surface area contributed by atoms with Gasteiger partial charge in [-0.1, -0.05) is 5.57 Å². The van der Waals surface area contributed by atoms with Gasteiger partial charge in [0.15, 0.2) is 0 Å². The van der Waals surface area contributed by atoms with Crippen molar-refractivity contribution in [3.05, 3.63) is 45.7 Å². The summed E-state index contributed by atoms with van der Waals surface area (Å²) in [6.07, 6.45) is 7.40. The van der Waals surface area contributed by atoms with Gasteiger partial charge in [0.2, 0.25) is 0 Å². The van der Waals surface area contributed by atoms with Crippen LogP contribution in [0.4, 0.5) is 0 Å². The van der Waals surface area contributed by atoms with Crippen LogP contribution >= 0.6 is 15.9 Å². The largest absolute Gasteiger partial charge is 0.342 e. The Hall–Kier alpha value is -1.33. The average molecular weight is 361 g/mol. The van der Waals surface area contributed by atoms with E-state index in [1.165, 1.54) is 16.8 Å². The molecule has 0 saturated carbocycles. The van der Waals surface area contributed by atoms with Gasteiger partial charge in [-0.15, -0.1) is 0 Å². The second kappa shape index (κ2) is 5.39. The first-order valence-corrected chi connectivity index (χ1v) is 8.71. The third-order valence-electron chi connectivity index (χ3n) is 5.04. The number of hydrogen-bond acceptors (Lipinski definition) is 2. The van der Waals surface area contributed by atoms with Crippen molar-refractivity contribution in [2.75, 3.05) is 20.1 Å². The molecule has 0 radical (unpaired) electrons. The fraction of sp³-hybridized carbons (Fsp3) is 0.471. The summed E-state index contributed by atoms with van der Waals surface area (Å²) in [5.41, 5.74) is 5.73. The minimum atomic E-state index is 1.00. The molecule has 0 aromatic carbocycles. The lowest BCUT2D eigenvalue weighted by atomic mass is 9.92. The van der Waals surface area contributed by atoms with Gasteiger partial charge in [-0.05, 0) is 41.9 Å². The number of rotatable bonds is 0. The van der Waals surface area contributed by atoms with Crippen LogP contribution in [-0.2, 0) is 20.0 Å². The first kappa shape index (κ1) is 14.3. The maximum Gasteiger partial charge on any atom is 0.140 e. The van der Waals surface area contributed by atoms with Gasteiger partial charge in [0.25, 0.3) is 0 Å². The SMILES string of the molecule is CN1CCC(=C2c3cc(Br)n(C)c3CCn3ccnc32)CC1. The van der Waals surface area contributed by atoms with Crippen molar-refractivity contribution in [2.24, 2.45) is 7.05 Å². The van der Waals surface area contributed by atoms with Gasteiger partial charge in [0, 0.05) is 62.3 Å². The summed E-state index contributed by atoms with van der Waals surface area (Å²) in [6, 6.07) is 2.28. The van der Waals surface area contributed by atoms with Crippen molar-refractivity contribution in [3.63, 3.8) is 0 Å². The molecule has 116 valence electrons. The maximum absolute atomic E-state index is 4.70. The lowest BCUT2D eigenvalue weighted by Gasteiger charge is -2.26. The summed E-state index contributed by atoms with van der Waals surface area (Å²) in [6.45, 7) is 3.29. The molecule has 4 rings (SSSR count). The van der Waals surface area contributed by atoms with Gasteiger partial charge in [-0.3, -0.25) is 0 Å². The number of aryl methyl sites for hydroxylation is 1. The molecule has 22 heavy (non-hydrogen) atoms. The molecule has 1 saturated heterocycles. The van der Waals surface area contributed by atoms with Crippen molar-refractivity contribution in [1.29, 1.82) is 0 Å². The molecule has 2 aromatic heterocycles. The van der Waals surface area contributed by atoms with Gasteiger partial charge in [0.05, 0.1) is 4.60 Å². The average Bonchev–Trinajstić information content (AvgIpc) is 3.03. The summed E-state index contributed by atoms with van der Waals surface area (Å²) >= 11 is 3.70. The molecule has 0 atom stereocenters. The van der Waals surface area contributed by atoms with Crippen molar-refractivity contribution in [2.45, 2.75) is 25.8 Å². The van der Waals surface area contributed by atoms with Crippen LogP contribution < -0.4 is 0 Å². The van der Waals surface area contributed by atoms with E-state index in [0.29, 0.717) is 0 Å². The van der Waals surface area contributed by atoms with Crippen LogP contribution in [-0.4, -0.2) is 39.2 Å². The molecule has 4 nitrogen and oxygen atoms in total. The Balaban J connectivity index is 1.93. The first-order valence-electron chi connectivity index (χ1n) is 7.91. The zero-order valence-corrected chi connectivity index (χ0v) is 14.7. The Labute approximate surface area is 139 Å². The van der Waals surface area contributed by atoms with E-state index in [4.69, 9.17) is 4.98 Å². The molecule has 0 spiro atoms. The second-order valence-corrected chi connectivity index (χ2v) is 7.17. The summed E-state index contributed by atoms with van der Waals surface area (Å²) in [5.74, 6) is 1.15. The smallest absolute Gasteiger partial charge is 0.140 e. The molecule has 2 aromatic rings. The zero-order chi connectivity index (χ0) is 15.3. The number of fused-ring (bicyclic) bond motifs is 2. The van der Waals surface area contributed by atoms with Crippen molar-refractivity contribution in [3.8, 4) is 0 Å². The van der Waals surface area contributed by atoms with Crippen molar-refractivity contribution < 1.29 is 0 Å². The Morgan fingerprint density at radius 3 is 2.64 bits per heavy atom. The molecule has 0 aliphatic carbocycles. The van der Waals surface area contributed by atoms with E-state index in [9.17, 15) is 0 Å². The van der Waals surface area contributed by atoms with Crippen LogP contribution in [0, 0.1) is 0 Å². The molecule has 0 amide bonds. The topological polar surface area (TPSA) is 26.0 Å². The summed E-state index contributed by atoms with van der Waals surface area (Å²) < 4.78 is 5.75. The number of piperidine rings is 1. The fourth-order valence-electron chi connectivity index (χ4n) is 3.68. The van der Waals surface area contributed by atoms with E-state index in [1.54, 1.807) is 5.57 Å². The van der Waals surface area contributed by atoms with Crippen LogP contribution in [0.25, 0.3) is 5.57 Å². The number of likely N-dealkylation sites (tertiary alicyclic amines) is 1. The van der Waals surface area contributed by atoms with Gasteiger partial charge < -0.3 is 14.0 Å². The summed E-state index contributed by atoms with van der Waals surface area (Å²) in [5, 5.41) is 0. The zero-order valence-electron chi connectivity index (χ0n) is 13.1. The van der Waals surface area contributed by atoms with Crippen LogP contribution in [0.5, 0.6) is 0 Å². The molecule has 5 heteroatoms. The van der Waals surface area contributed by atoms with E-state index in [2.05, 4.69) is 56.3 Å². The Morgan fingerprint density at radius 2 is 1.86 bits per heavy atom. The number of halogens is 1. The third kappa shape index (κ3) is 2.18. The predicted octanol–water partition coefficient (Wildman–Crippen LogP) is 3.07. The summed E-state index contributed by atoms with van der Waals surface area (Å²) in [7, 11) is 4.36. The highest BCUT2D eigenvalue weighted by molar-refractivity contribution is 9.10. The third-order valence-corrected chi connectivity index (χ3v) is 5.80. The van der Waals surface area contributed by atoms with Gasteiger partial charge in [0.1, 0.15) is 5.82 Å². The second-order valence-electron chi connectivity index (χ2n) is 6.36. The van der Waals surface area contributed by atoms with Crippen LogP contribution in [0.2, 0.25) is 0 Å². The molecule has 4 heterocycles. The highest BCUT2D eigenvalue weighted by Gasteiger charge is 2.26. The standard InChI is InChI=1S/C17H21BrN4/c1-20-7-3-12(4-8-20)16-13-11-15(18)21(2)14(13)5-9-22-10-6-19-17(16)22/h6,10-11H,3-5,7-9H2,1-2H3. The molecular weight excluding hydrogens is 340 g/mol. The van der Waals surface area contributed by atoms with Gasteiger partial charge >= 0.3 is 0 Å². The highest BCUT2D eigenvalue weighted by Crippen LogP contribution is 2.37. The number of aromatic nitrogens is 3. The minimum Gasteiger partial charge on any atom is -0.342 e. The molecule has 2 aliphatic heterocycles. The van der Waals surface area contributed by atoms with E-state index < -0.39 is 0 Å². The monoisotopic (exact) mass is 360 g/mol. The molecular formula is C17H21BrN4. The highest BCUT2D eigenvalue weighted by atomic mass is 79.9. The minimum absolute atomic E-state index is 1.00. The summed E-state index contributed by atoms with van der Waals surface area (Å²) in [4.78, 5) is 7.11. The lowest BCUT2D eigenvalue weighted by Crippen LogP contribution is -2.27.